The lowest BCUT2D eigenvalue weighted by Crippen LogP contribution is -2.39. The molecule has 0 saturated carbocycles. The van der Waals surface area contributed by atoms with Gasteiger partial charge in [0, 0.05) is 31.6 Å². The molecule has 1 amide bonds. The third kappa shape index (κ3) is 3.12. The minimum Gasteiger partial charge on any atom is -0.370 e. The SMILES string of the molecule is CNC(=O)C1CCN(c2cc(-c3ccccc3)nc3ccsc23)CC1. The Labute approximate surface area is 151 Å². The van der Waals surface area contributed by atoms with Gasteiger partial charge in [-0.25, -0.2) is 4.98 Å². The highest BCUT2D eigenvalue weighted by molar-refractivity contribution is 7.17. The maximum absolute atomic E-state index is 11.9. The summed E-state index contributed by atoms with van der Waals surface area (Å²) in [6.07, 6.45) is 1.80. The monoisotopic (exact) mass is 351 g/mol. The Morgan fingerprint density at radius 1 is 1.20 bits per heavy atom. The average molecular weight is 351 g/mol. The second-order valence-corrected chi connectivity index (χ2v) is 7.32. The normalized spacial score (nSPS) is 15.5. The van der Waals surface area contributed by atoms with E-state index in [1.54, 1.807) is 18.4 Å². The number of fused-ring (bicyclic) bond motifs is 1. The number of carbonyl (C=O) groups excluding carboxylic acids is 1. The van der Waals surface area contributed by atoms with Gasteiger partial charge in [0.25, 0.3) is 0 Å². The fraction of sp³-hybridized carbons (Fsp3) is 0.300. The molecule has 0 radical (unpaired) electrons. The maximum Gasteiger partial charge on any atom is 0.222 e. The quantitative estimate of drug-likeness (QED) is 0.778. The van der Waals surface area contributed by atoms with Gasteiger partial charge in [-0.1, -0.05) is 30.3 Å². The van der Waals surface area contributed by atoms with Gasteiger partial charge in [0.15, 0.2) is 0 Å². The molecule has 0 unspecified atom stereocenters. The topological polar surface area (TPSA) is 45.2 Å². The number of benzene rings is 1. The molecule has 2 aromatic heterocycles. The number of hydrogen-bond donors (Lipinski definition) is 1. The van der Waals surface area contributed by atoms with Crippen molar-refractivity contribution in [3.8, 4) is 11.3 Å². The summed E-state index contributed by atoms with van der Waals surface area (Å²) in [7, 11) is 1.72. The van der Waals surface area contributed by atoms with Crippen LogP contribution in [0.25, 0.3) is 21.5 Å². The Morgan fingerprint density at radius 3 is 2.68 bits per heavy atom. The maximum atomic E-state index is 11.9. The first-order chi connectivity index (χ1) is 12.3. The van der Waals surface area contributed by atoms with Crippen molar-refractivity contribution in [2.24, 2.45) is 5.92 Å². The fourth-order valence-corrected chi connectivity index (χ4v) is 4.39. The summed E-state index contributed by atoms with van der Waals surface area (Å²) in [5.74, 6) is 0.302. The third-order valence-electron chi connectivity index (χ3n) is 4.91. The molecule has 1 aliphatic heterocycles. The molecule has 4 nitrogen and oxygen atoms in total. The predicted octanol–water partition coefficient (Wildman–Crippen LogP) is 3.93. The van der Waals surface area contributed by atoms with Crippen molar-refractivity contribution >= 4 is 33.1 Å². The first kappa shape index (κ1) is 16.1. The number of amides is 1. The Balaban J connectivity index is 1.68. The van der Waals surface area contributed by atoms with E-state index in [1.807, 2.05) is 18.2 Å². The molecule has 0 bridgehead atoms. The van der Waals surface area contributed by atoms with E-state index in [-0.39, 0.29) is 11.8 Å². The van der Waals surface area contributed by atoms with Gasteiger partial charge < -0.3 is 10.2 Å². The Morgan fingerprint density at radius 2 is 1.96 bits per heavy atom. The molecule has 3 aromatic rings. The van der Waals surface area contributed by atoms with Gasteiger partial charge in [-0.2, -0.15) is 0 Å². The van der Waals surface area contributed by atoms with Crippen molar-refractivity contribution < 1.29 is 4.79 Å². The summed E-state index contributed by atoms with van der Waals surface area (Å²) >= 11 is 1.74. The van der Waals surface area contributed by atoms with Gasteiger partial charge in [0.1, 0.15) is 0 Å². The zero-order valence-corrected chi connectivity index (χ0v) is 15.1. The van der Waals surface area contributed by atoms with E-state index in [0.29, 0.717) is 0 Å². The van der Waals surface area contributed by atoms with Crippen LogP contribution in [0.5, 0.6) is 0 Å². The first-order valence-corrected chi connectivity index (χ1v) is 9.54. The number of aromatic nitrogens is 1. The summed E-state index contributed by atoms with van der Waals surface area (Å²) in [6, 6.07) is 14.6. The van der Waals surface area contributed by atoms with Crippen molar-refractivity contribution in [1.29, 1.82) is 0 Å². The lowest BCUT2D eigenvalue weighted by molar-refractivity contribution is -0.125. The van der Waals surface area contributed by atoms with Crippen LogP contribution in [0.15, 0.2) is 47.8 Å². The van der Waals surface area contributed by atoms with Crippen LogP contribution >= 0.6 is 11.3 Å². The smallest absolute Gasteiger partial charge is 0.222 e. The van der Waals surface area contributed by atoms with Crippen molar-refractivity contribution in [1.82, 2.24) is 10.3 Å². The number of carbonyl (C=O) groups is 1. The van der Waals surface area contributed by atoms with Gasteiger partial charge in [0.2, 0.25) is 5.91 Å². The predicted molar refractivity (Wildman–Crippen MR) is 104 cm³/mol. The zero-order valence-electron chi connectivity index (χ0n) is 14.2. The van der Waals surface area contributed by atoms with Crippen LogP contribution in [0.2, 0.25) is 0 Å². The molecule has 3 heterocycles. The van der Waals surface area contributed by atoms with Crippen molar-refractivity contribution in [3.63, 3.8) is 0 Å². The Bertz CT molecular complexity index is 882. The minimum absolute atomic E-state index is 0.135. The van der Waals surface area contributed by atoms with Crippen LogP contribution in [-0.4, -0.2) is 31.0 Å². The van der Waals surface area contributed by atoms with Gasteiger partial charge >= 0.3 is 0 Å². The molecule has 0 aliphatic carbocycles. The molecule has 5 heteroatoms. The van der Waals surface area contributed by atoms with Crippen LogP contribution in [0.3, 0.4) is 0 Å². The molecule has 1 aromatic carbocycles. The lowest BCUT2D eigenvalue weighted by Gasteiger charge is -2.33. The van der Waals surface area contributed by atoms with E-state index in [0.717, 1.165) is 42.7 Å². The molecule has 0 atom stereocenters. The summed E-state index contributed by atoms with van der Waals surface area (Å²) in [4.78, 5) is 19.1. The second-order valence-electron chi connectivity index (χ2n) is 6.40. The molecular weight excluding hydrogens is 330 g/mol. The molecule has 128 valence electrons. The molecule has 1 aliphatic rings. The zero-order chi connectivity index (χ0) is 17.2. The second kappa shape index (κ2) is 6.84. The van der Waals surface area contributed by atoms with Gasteiger partial charge in [-0.15, -0.1) is 11.3 Å². The van der Waals surface area contributed by atoms with E-state index in [9.17, 15) is 4.79 Å². The number of piperidine rings is 1. The third-order valence-corrected chi connectivity index (χ3v) is 5.84. The van der Waals surface area contributed by atoms with Crippen LogP contribution in [-0.2, 0) is 4.79 Å². The molecule has 0 spiro atoms. The van der Waals surface area contributed by atoms with E-state index in [4.69, 9.17) is 4.98 Å². The fourth-order valence-electron chi connectivity index (χ4n) is 3.52. The summed E-state index contributed by atoms with van der Waals surface area (Å²) in [5.41, 5.74) is 4.44. The van der Waals surface area contributed by atoms with Crippen molar-refractivity contribution in [2.45, 2.75) is 12.8 Å². The molecule has 4 rings (SSSR count). The number of rotatable bonds is 3. The lowest BCUT2D eigenvalue weighted by atomic mass is 9.95. The van der Waals surface area contributed by atoms with Crippen LogP contribution < -0.4 is 10.2 Å². The number of nitrogens with zero attached hydrogens (tertiary/aromatic N) is 2. The summed E-state index contributed by atoms with van der Waals surface area (Å²) < 4.78 is 1.23. The Hall–Kier alpha value is -2.40. The largest absolute Gasteiger partial charge is 0.370 e. The minimum atomic E-state index is 0.135. The highest BCUT2D eigenvalue weighted by Gasteiger charge is 2.25. The Kier molecular flexibility index (Phi) is 4.40. The molecule has 25 heavy (non-hydrogen) atoms. The standard InChI is InChI=1S/C20H21N3OS/c1-21-20(24)15-7-10-23(11-8-15)18-13-17(14-5-3-2-4-6-14)22-16-9-12-25-19(16)18/h2-6,9,12-13,15H,7-8,10-11H2,1H3,(H,21,24). The average Bonchev–Trinajstić information content (AvgIpc) is 3.16. The van der Waals surface area contributed by atoms with Gasteiger partial charge in [-0.05, 0) is 30.4 Å². The van der Waals surface area contributed by atoms with Gasteiger partial charge in [-0.3, -0.25) is 4.79 Å². The van der Waals surface area contributed by atoms with Crippen LogP contribution in [0.1, 0.15) is 12.8 Å². The van der Waals surface area contributed by atoms with Crippen molar-refractivity contribution in [2.75, 3.05) is 25.0 Å². The highest BCUT2D eigenvalue weighted by atomic mass is 32.1. The van der Waals surface area contributed by atoms with E-state index in [2.05, 4.69) is 39.9 Å². The number of thiophene rings is 1. The molecule has 1 saturated heterocycles. The number of anilines is 1. The molecular formula is C20H21N3OS. The highest BCUT2D eigenvalue weighted by Crippen LogP contribution is 2.36. The molecule has 1 fully saturated rings. The summed E-state index contributed by atoms with van der Waals surface area (Å²) in [6.45, 7) is 1.81. The number of nitrogens with one attached hydrogen (secondary N) is 1. The van der Waals surface area contributed by atoms with E-state index >= 15 is 0 Å². The van der Waals surface area contributed by atoms with Gasteiger partial charge in [0.05, 0.1) is 21.6 Å². The first-order valence-electron chi connectivity index (χ1n) is 8.66. The van der Waals surface area contributed by atoms with Crippen molar-refractivity contribution in [3.05, 3.63) is 47.8 Å². The van der Waals surface area contributed by atoms with Crippen LogP contribution in [0, 0.1) is 5.92 Å². The summed E-state index contributed by atoms with van der Waals surface area (Å²) in [5, 5.41) is 4.88. The molecule has 1 N–H and O–H groups in total. The van der Waals surface area contributed by atoms with E-state index in [1.165, 1.54) is 10.4 Å². The van der Waals surface area contributed by atoms with Crippen LogP contribution in [0.4, 0.5) is 5.69 Å². The number of pyridine rings is 1. The number of hydrogen-bond acceptors (Lipinski definition) is 4. The van der Waals surface area contributed by atoms with E-state index < -0.39 is 0 Å².